The highest BCUT2D eigenvalue weighted by Crippen LogP contribution is 2.40. The Labute approximate surface area is 119 Å². The van der Waals surface area contributed by atoms with Crippen molar-refractivity contribution in [1.82, 2.24) is 4.98 Å². The molecule has 2 aliphatic rings. The van der Waals surface area contributed by atoms with Crippen molar-refractivity contribution in [2.45, 2.75) is 25.9 Å². The molecular weight excluding hydrogens is 248 g/mol. The van der Waals surface area contributed by atoms with Crippen molar-refractivity contribution >= 4 is 16.6 Å². The Morgan fingerprint density at radius 1 is 1.10 bits per heavy atom. The number of benzene rings is 1. The number of pyridine rings is 1. The lowest BCUT2D eigenvalue weighted by Crippen LogP contribution is -2.22. The van der Waals surface area contributed by atoms with E-state index in [2.05, 4.69) is 28.1 Å². The maximum atomic E-state index is 9.47. The van der Waals surface area contributed by atoms with Gasteiger partial charge in [-0.15, -0.1) is 0 Å². The van der Waals surface area contributed by atoms with Crippen LogP contribution in [-0.2, 0) is 6.61 Å². The molecule has 1 saturated heterocycles. The van der Waals surface area contributed by atoms with Crippen LogP contribution >= 0.6 is 0 Å². The second-order valence-corrected chi connectivity index (χ2v) is 6.17. The fourth-order valence-corrected chi connectivity index (χ4v) is 4.02. The van der Waals surface area contributed by atoms with Gasteiger partial charge in [0.05, 0.1) is 6.61 Å². The number of nitrogens with zero attached hydrogens (tertiary/aromatic N) is 2. The summed E-state index contributed by atoms with van der Waals surface area (Å²) < 4.78 is 0. The average Bonchev–Trinajstić information content (AvgIpc) is 3.07. The number of hydrogen-bond donors (Lipinski definition) is 1. The maximum Gasteiger partial charge on any atom is 0.136 e. The Kier molecular flexibility index (Phi) is 2.88. The summed E-state index contributed by atoms with van der Waals surface area (Å²) in [5.41, 5.74) is 0.920. The topological polar surface area (TPSA) is 36.4 Å². The SMILES string of the molecule is OCc1cnc(N2CC3CCCC3C2)c2ccccc12. The van der Waals surface area contributed by atoms with Gasteiger partial charge in [-0.1, -0.05) is 30.7 Å². The minimum Gasteiger partial charge on any atom is -0.392 e. The first-order chi connectivity index (χ1) is 9.86. The smallest absolute Gasteiger partial charge is 0.136 e. The number of rotatable bonds is 2. The Bertz CT molecular complexity index is 628. The fraction of sp³-hybridized carbons (Fsp3) is 0.471. The molecule has 1 N–H and O–H groups in total. The molecule has 0 amide bonds. The van der Waals surface area contributed by atoms with Crippen molar-refractivity contribution in [3.63, 3.8) is 0 Å². The average molecular weight is 268 g/mol. The number of aromatic nitrogens is 1. The van der Waals surface area contributed by atoms with Crippen molar-refractivity contribution in [3.05, 3.63) is 36.0 Å². The van der Waals surface area contributed by atoms with Gasteiger partial charge >= 0.3 is 0 Å². The summed E-state index contributed by atoms with van der Waals surface area (Å²) in [5, 5.41) is 11.8. The summed E-state index contributed by atoms with van der Waals surface area (Å²) in [4.78, 5) is 7.11. The van der Waals surface area contributed by atoms with E-state index in [1.165, 1.54) is 24.6 Å². The molecule has 4 rings (SSSR count). The number of hydrogen-bond acceptors (Lipinski definition) is 3. The van der Waals surface area contributed by atoms with Gasteiger partial charge in [-0.2, -0.15) is 0 Å². The Hall–Kier alpha value is -1.61. The first-order valence-corrected chi connectivity index (χ1v) is 7.59. The summed E-state index contributed by atoms with van der Waals surface area (Å²) in [6.45, 7) is 2.36. The van der Waals surface area contributed by atoms with Gasteiger partial charge < -0.3 is 10.0 Å². The molecule has 2 fully saturated rings. The van der Waals surface area contributed by atoms with E-state index >= 15 is 0 Å². The van der Waals surface area contributed by atoms with Crippen LogP contribution in [0.2, 0.25) is 0 Å². The van der Waals surface area contributed by atoms with Crippen molar-refractivity contribution < 1.29 is 5.11 Å². The number of anilines is 1. The third kappa shape index (κ3) is 1.80. The molecule has 3 heteroatoms. The summed E-state index contributed by atoms with van der Waals surface area (Å²) in [6, 6.07) is 8.31. The lowest BCUT2D eigenvalue weighted by molar-refractivity contribution is 0.283. The molecule has 2 aromatic rings. The Balaban J connectivity index is 1.77. The monoisotopic (exact) mass is 268 g/mol. The van der Waals surface area contributed by atoms with E-state index in [0.717, 1.165) is 41.7 Å². The van der Waals surface area contributed by atoms with Crippen LogP contribution in [0.3, 0.4) is 0 Å². The third-order valence-corrected chi connectivity index (χ3v) is 5.05. The highest BCUT2D eigenvalue weighted by molar-refractivity contribution is 5.94. The maximum absolute atomic E-state index is 9.47. The quantitative estimate of drug-likeness (QED) is 0.909. The van der Waals surface area contributed by atoms with Crippen LogP contribution in [0.4, 0.5) is 5.82 Å². The van der Waals surface area contributed by atoms with Crippen molar-refractivity contribution in [1.29, 1.82) is 0 Å². The molecule has 0 radical (unpaired) electrons. The van der Waals surface area contributed by atoms with E-state index in [-0.39, 0.29) is 6.61 Å². The van der Waals surface area contributed by atoms with E-state index < -0.39 is 0 Å². The van der Waals surface area contributed by atoms with Gasteiger partial charge in [0.2, 0.25) is 0 Å². The van der Waals surface area contributed by atoms with Crippen molar-refractivity contribution in [2.75, 3.05) is 18.0 Å². The molecule has 2 atom stereocenters. The number of fused-ring (bicyclic) bond motifs is 2. The zero-order chi connectivity index (χ0) is 13.5. The van der Waals surface area contributed by atoms with Crippen LogP contribution < -0.4 is 4.90 Å². The van der Waals surface area contributed by atoms with Crippen LogP contribution in [0.1, 0.15) is 24.8 Å². The molecule has 1 saturated carbocycles. The fourth-order valence-electron chi connectivity index (χ4n) is 4.02. The largest absolute Gasteiger partial charge is 0.392 e. The molecule has 104 valence electrons. The number of aliphatic hydroxyl groups excluding tert-OH is 1. The van der Waals surface area contributed by atoms with E-state index in [0.29, 0.717) is 0 Å². The lowest BCUT2D eigenvalue weighted by Gasteiger charge is -2.21. The zero-order valence-electron chi connectivity index (χ0n) is 11.6. The number of aliphatic hydroxyl groups is 1. The van der Waals surface area contributed by atoms with Crippen molar-refractivity contribution in [3.8, 4) is 0 Å². The second kappa shape index (κ2) is 4.74. The minimum atomic E-state index is 0.0546. The van der Waals surface area contributed by atoms with Crippen LogP contribution in [0.25, 0.3) is 10.8 Å². The molecule has 1 aliphatic heterocycles. The third-order valence-electron chi connectivity index (χ3n) is 5.05. The van der Waals surface area contributed by atoms with Gasteiger partial charge in [0.25, 0.3) is 0 Å². The van der Waals surface area contributed by atoms with Gasteiger partial charge in [0, 0.05) is 30.2 Å². The molecular formula is C17H20N2O. The summed E-state index contributed by atoms with van der Waals surface area (Å²) >= 11 is 0. The molecule has 1 aliphatic carbocycles. The van der Waals surface area contributed by atoms with Crippen LogP contribution in [0.5, 0.6) is 0 Å². The van der Waals surface area contributed by atoms with Gasteiger partial charge in [0.1, 0.15) is 5.82 Å². The van der Waals surface area contributed by atoms with E-state index in [4.69, 9.17) is 0 Å². The summed E-state index contributed by atoms with van der Waals surface area (Å²) in [5.74, 6) is 2.84. The predicted molar refractivity (Wildman–Crippen MR) is 80.7 cm³/mol. The normalized spacial score (nSPS) is 25.4. The summed E-state index contributed by atoms with van der Waals surface area (Å²) in [6.07, 6.45) is 6.01. The standard InChI is InChI=1S/C17H20N2O/c20-11-14-8-18-17(16-7-2-1-6-15(14)16)19-9-12-4-3-5-13(12)10-19/h1-2,6-8,12-13,20H,3-5,9-11H2. The molecule has 0 spiro atoms. The molecule has 2 heterocycles. The Morgan fingerprint density at radius 2 is 1.80 bits per heavy atom. The van der Waals surface area contributed by atoms with Gasteiger partial charge in [-0.3, -0.25) is 0 Å². The minimum absolute atomic E-state index is 0.0546. The molecule has 1 aromatic heterocycles. The van der Waals surface area contributed by atoms with Gasteiger partial charge in [-0.05, 0) is 30.1 Å². The van der Waals surface area contributed by atoms with Gasteiger partial charge in [0.15, 0.2) is 0 Å². The first kappa shape index (κ1) is 12.2. The van der Waals surface area contributed by atoms with Crippen molar-refractivity contribution in [2.24, 2.45) is 11.8 Å². The summed E-state index contributed by atoms with van der Waals surface area (Å²) in [7, 11) is 0. The lowest BCUT2D eigenvalue weighted by atomic mass is 10.0. The van der Waals surface area contributed by atoms with E-state index in [1.807, 2.05) is 12.3 Å². The van der Waals surface area contributed by atoms with Crippen LogP contribution in [-0.4, -0.2) is 23.2 Å². The van der Waals surface area contributed by atoms with Crippen LogP contribution in [0, 0.1) is 11.8 Å². The predicted octanol–water partition coefficient (Wildman–Crippen LogP) is 2.96. The molecule has 2 unspecified atom stereocenters. The highest BCUT2D eigenvalue weighted by atomic mass is 16.3. The molecule has 0 bridgehead atoms. The van der Waals surface area contributed by atoms with E-state index in [1.54, 1.807) is 0 Å². The Morgan fingerprint density at radius 3 is 2.50 bits per heavy atom. The highest BCUT2D eigenvalue weighted by Gasteiger charge is 2.36. The first-order valence-electron chi connectivity index (χ1n) is 7.59. The second-order valence-electron chi connectivity index (χ2n) is 6.17. The van der Waals surface area contributed by atoms with Gasteiger partial charge in [-0.25, -0.2) is 4.98 Å². The molecule has 1 aromatic carbocycles. The molecule has 20 heavy (non-hydrogen) atoms. The molecule has 3 nitrogen and oxygen atoms in total. The van der Waals surface area contributed by atoms with E-state index in [9.17, 15) is 5.11 Å². The zero-order valence-corrected chi connectivity index (χ0v) is 11.6. The van der Waals surface area contributed by atoms with Crippen LogP contribution in [0.15, 0.2) is 30.5 Å².